The molecule has 0 aromatic heterocycles. The lowest BCUT2D eigenvalue weighted by Gasteiger charge is -2.19. The third kappa shape index (κ3) is 3.65. The van der Waals surface area contributed by atoms with Gasteiger partial charge in [0.25, 0.3) is 0 Å². The lowest BCUT2D eigenvalue weighted by Crippen LogP contribution is -2.37. The Labute approximate surface area is 110 Å². The van der Waals surface area contributed by atoms with E-state index >= 15 is 0 Å². The molecule has 4 nitrogen and oxygen atoms in total. The van der Waals surface area contributed by atoms with Crippen molar-refractivity contribution in [1.29, 1.82) is 5.26 Å². The smallest absolute Gasteiger partial charge is 0.239 e. The van der Waals surface area contributed by atoms with E-state index in [1.54, 1.807) is 6.07 Å². The van der Waals surface area contributed by atoms with Crippen LogP contribution in [0.25, 0.3) is 0 Å². The monoisotopic (exact) mass is 267 g/mol. The molecule has 0 fully saturated rings. The zero-order valence-corrected chi connectivity index (χ0v) is 10.7. The second-order valence-corrected chi connectivity index (χ2v) is 4.62. The van der Waals surface area contributed by atoms with Gasteiger partial charge in [-0.05, 0) is 24.5 Å². The minimum atomic E-state index is -1.19. The number of amides is 1. The van der Waals surface area contributed by atoms with Crippen molar-refractivity contribution in [3.05, 3.63) is 29.3 Å². The van der Waals surface area contributed by atoms with Gasteiger partial charge in [0.2, 0.25) is 5.91 Å². The van der Waals surface area contributed by atoms with Gasteiger partial charge in [-0.25, -0.2) is 8.78 Å². The Morgan fingerprint density at radius 3 is 2.58 bits per heavy atom. The van der Waals surface area contributed by atoms with Crippen molar-refractivity contribution in [3.8, 4) is 6.07 Å². The van der Waals surface area contributed by atoms with Crippen LogP contribution < -0.4 is 11.1 Å². The summed E-state index contributed by atoms with van der Waals surface area (Å²) < 4.78 is 26.8. The van der Waals surface area contributed by atoms with Crippen LogP contribution in [-0.4, -0.2) is 11.9 Å². The topological polar surface area (TPSA) is 78.9 Å². The summed E-state index contributed by atoms with van der Waals surface area (Å²) in [7, 11) is 0. The van der Waals surface area contributed by atoms with Crippen molar-refractivity contribution < 1.29 is 13.6 Å². The molecule has 0 saturated carbocycles. The molecule has 3 N–H and O–H groups in total. The largest absolute Gasteiger partial charge is 0.370 e. The molecule has 1 rings (SSSR count). The van der Waals surface area contributed by atoms with E-state index < -0.39 is 23.6 Å². The molecule has 1 aromatic rings. The van der Waals surface area contributed by atoms with Crippen LogP contribution >= 0.6 is 0 Å². The summed E-state index contributed by atoms with van der Waals surface area (Å²) in [5.41, 5.74) is 4.81. The molecule has 19 heavy (non-hydrogen) atoms. The van der Waals surface area contributed by atoms with Crippen LogP contribution in [0.3, 0.4) is 0 Å². The van der Waals surface area contributed by atoms with Crippen LogP contribution in [0.2, 0.25) is 0 Å². The quantitative estimate of drug-likeness (QED) is 0.857. The van der Waals surface area contributed by atoms with Crippen LogP contribution in [0.1, 0.15) is 25.8 Å². The number of carbonyl (C=O) groups excluding carboxylic acids is 1. The minimum absolute atomic E-state index is 0.0751. The Morgan fingerprint density at radius 2 is 2.11 bits per heavy atom. The lowest BCUT2D eigenvalue weighted by atomic mass is 10.0. The highest BCUT2D eigenvalue weighted by atomic mass is 19.2. The lowest BCUT2D eigenvalue weighted by molar-refractivity contribution is -0.119. The van der Waals surface area contributed by atoms with Crippen LogP contribution in [0.4, 0.5) is 14.5 Å². The van der Waals surface area contributed by atoms with Crippen molar-refractivity contribution in [2.45, 2.75) is 26.3 Å². The fourth-order valence-corrected chi connectivity index (χ4v) is 1.68. The van der Waals surface area contributed by atoms with Crippen molar-refractivity contribution >= 4 is 11.6 Å². The summed E-state index contributed by atoms with van der Waals surface area (Å²) in [6, 6.07) is 2.89. The predicted octanol–water partition coefficient (Wildman–Crippen LogP) is 2.15. The molecule has 0 aliphatic rings. The van der Waals surface area contributed by atoms with Crippen molar-refractivity contribution in [3.63, 3.8) is 0 Å². The van der Waals surface area contributed by atoms with Crippen molar-refractivity contribution in [2.24, 2.45) is 11.7 Å². The minimum Gasteiger partial charge on any atom is -0.370 e. The summed E-state index contributed by atoms with van der Waals surface area (Å²) in [5, 5.41) is 11.4. The third-order valence-electron chi connectivity index (χ3n) is 2.58. The van der Waals surface area contributed by atoms with Gasteiger partial charge in [-0.1, -0.05) is 13.8 Å². The molecule has 102 valence electrons. The molecule has 0 saturated heterocycles. The second kappa shape index (κ2) is 6.14. The summed E-state index contributed by atoms with van der Waals surface area (Å²) in [6.45, 7) is 3.73. The van der Waals surface area contributed by atoms with E-state index in [2.05, 4.69) is 5.32 Å². The molecule has 0 aliphatic carbocycles. The highest BCUT2D eigenvalue weighted by molar-refractivity contribution is 5.83. The highest BCUT2D eigenvalue weighted by Gasteiger charge is 2.21. The second-order valence-electron chi connectivity index (χ2n) is 4.62. The number of rotatable bonds is 5. The van der Waals surface area contributed by atoms with Gasteiger partial charge in [0.15, 0.2) is 11.6 Å². The van der Waals surface area contributed by atoms with Crippen LogP contribution in [-0.2, 0) is 4.79 Å². The summed E-state index contributed by atoms with van der Waals surface area (Å²) in [6.07, 6.45) is 0.357. The van der Waals surface area contributed by atoms with Gasteiger partial charge in [0.05, 0.1) is 11.3 Å². The molecule has 0 unspecified atom stereocenters. The van der Waals surface area contributed by atoms with Gasteiger partial charge in [0, 0.05) is 0 Å². The van der Waals surface area contributed by atoms with E-state index in [-0.39, 0.29) is 17.2 Å². The summed E-state index contributed by atoms with van der Waals surface area (Å²) >= 11 is 0. The molecule has 6 heteroatoms. The molecule has 0 spiro atoms. The molecule has 0 bridgehead atoms. The number of halogens is 2. The summed E-state index contributed by atoms with van der Waals surface area (Å²) in [4.78, 5) is 11.3. The van der Waals surface area contributed by atoms with Gasteiger partial charge < -0.3 is 11.1 Å². The fourth-order valence-electron chi connectivity index (χ4n) is 1.68. The maximum atomic E-state index is 13.7. The third-order valence-corrected chi connectivity index (χ3v) is 2.58. The number of hydrogen-bond donors (Lipinski definition) is 2. The molecular weight excluding hydrogens is 252 g/mol. The summed E-state index contributed by atoms with van der Waals surface area (Å²) in [5.74, 6) is -2.82. The highest BCUT2D eigenvalue weighted by Crippen LogP contribution is 2.24. The maximum absolute atomic E-state index is 13.7. The molecule has 1 amide bonds. The molecule has 1 atom stereocenters. The SMILES string of the molecule is CC(C)C[C@@H](Nc1c(C#N)ccc(F)c1F)C(N)=O. The zero-order chi connectivity index (χ0) is 14.6. The first-order chi connectivity index (χ1) is 8.86. The number of nitrogens with one attached hydrogen (secondary N) is 1. The zero-order valence-electron chi connectivity index (χ0n) is 10.7. The molecular formula is C13H15F2N3O. The standard InChI is InChI=1S/C13H15F2N3O/c1-7(2)5-10(13(17)19)18-12-8(6-16)3-4-9(14)11(12)15/h3-4,7,10,18H,5H2,1-2H3,(H2,17,19)/t10-/m1/s1. The number of hydrogen-bond acceptors (Lipinski definition) is 3. The van der Waals surface area contributed by atoms with E-state index in [1.807, 2.05) is 13.8 Å². The van der Waals surface area contributed by atoms with Gasteiger partial charge in [-0.3, -0.25) is 4.79 Å². The average molecular weight is 267 g/mol. The first kappa shape index (κ1) is 14.9. The van der Waals surface area contributed by atoms with Gasteiger partial charge in [0.1, 0.15) is 12.1 Å². The number of carbonyl (C=O) groups is 1. The number of primary amides is 1. The fraction of sp³-hybridized carbons (Fsp3) is 0.385. The maximum Gasteiger partial charge on any atom is 0.239 e. The normalized spacial score (nSPS) is 12.0. The average Bonchev–Trinajstić information content (AvgIpc) is 2.33. The first-order valence-electron chi connectivity index (χ1n) is 5.80. The van der Waals surface area contributed by atoms with Crippen LogP contribution in [0.5, 0.6) is 0 Å². The Balaban J connectivity index is 3.12. The van der Waals surface area contributed by atoms with E-state index in [0.29, 0.717) is 6.42 Å². The van der Waals surface area contributed by atoms with Gasteiger partial charge in [-0.2, -0.15) is 5.26 Å². The Morgan fingerprint density at radius 1 is 1.47 bits per heavy atom. The Kier molecular flexibility index (Phi) is 4.81. The van der Waals surface area contributed by atoms with Crippen LogP contribution in [0, 0.1) is 28.9 Å². The molecule has 1 aromatic carbocycles. The van der Waals surface area contributed by atoms with Gasteiger partial charge >= 0.3 is 0 Å². The number of anilines is 1. The van der Waals surface area contributed by atoms with Gasteiger partial charge in [-0.15, -0.1) is 0 Å². The van der Waals surface area contributed by atoms with E-state index in [9.17, 15) is 13.6 Å². The molecule has 0 heterocycles. The Hall–Kier alpha value is -2.16. The van der Waals surface area contributed by atoms with E-state index in [1.165, 1.54) is 0 Å². The predicted molar refractivity (Wildman–Crippen MR) is 67.1 cm³/mol. The van der Waals surface area contributed by atoms with E-state index in [0.717, 1.165) is 12.1 Å². The van der Waals surface area contributed by atoms with Crippen LogP contribution in [0.15, 0.2) is 12.1 Å². The first-order valence-corrected chi connectivity index (χ1v) is 5.80. The Bertz CT molecular complexity index is 523. The number of benzene rings is 1. The van der Waals surface area contributed by atoms with Crippen molar-refractivity contribution in [1.82, 2.24) is 0 Å². The molecule has 0 aliphatic heterocycles. The number of nitrogens with zero attached hydrogens (tertiary/aromatic N) is 1. The number of nitriles is 1. The number of nitrogens with two attached hydrogens (primary N) is 1. The van der Waals surface area contributed by atoms with E-state index in [4.69, 9.17) is 11.0 Å². The molecule has 0 radical (unpaired) electrons. The van der Waals surface area contributed by atoms with Crippen molar-refractivity contribution in [2.75, 3.05) is 5.32 Å².